The molecule has 6 nitrogen and oxygen atoms in total. The second-order valence-corrected chi connectivity index (χ2v) is 8.12. The van der Waals surface area contributed by atoms with Crippen molar-refractivity contribution in [3.63, 3.8) is 0 Å². The number of benzene rings is 2. The van der Waals surface area contributed by atoms with Gasteiger partial charge >= 0.3 is 0 Å². The summed E-state index contributed by atoms with van der Waals surface area (Å²) in [7, 11) is 0. The first-order chi connectivity index (χ1) is 14.1. The van der Waals surface area contributed by atoms with Crippen LogP contribution in [0.15, 0.2) is 59.0 Å². The molecule has 1 saturated carbocycles. The van der Waals surface area contributed by atoms with E-state index in [1.807, 2.05) is 42.5 Å². The number of nitrogens with zero attached hydrogens (tertiary/aromatic N) is 1. The Hall–Kier alpha value is -3.41. The molecule has 0 unspecified atom stereocenters. The summed E-state index contributed by atoms with van der Waals surface area (Å²) >= 11 is 0. The number of para-hydroxylation sites is 1. The first-order valence-electron chi connectivity index (χ1n) is 9.85. The summed E-state index contributed by atoms with van der Waals surface area (Å²) in [6.45, 7) is -0.248. The van der Waals surface area contributed by atoms with E-state index >= 15 is 0 Å². The maximum Gasteiger partial charge on any atom is 0.244 e. The minimum absolute atomic E-state index is 0.144. The Kier molecular flexibility index (Phi) is 3.30. The number of hydrogen-bond donors (Lipinski definition) is 1. The molecular formula is C23H18N2O4. The summed E-state index contributed by atoms with van der Waals surface area (Å²) in [5.74, 6) is -1.08. The van der Waals surface area contributed by atoms with Crippen molar-refractivity contribution >= 4 is 45.3 Å². The van der Waals surface area contributed by atoms with Gasteiger partial charge in [-0.3, -0.25) is 19.3 Å². The van der Waals surface area contributed by atoms with Crippen LogP contribution in [-0.2, 0) is 14.4 Å². The van der Waals surface area contributed by atoms with Crippen LogP contribution in [-0.4, -0.2) is 29.2 Å². The number of amides is 3. The van der Waals surface area contributed by atoms with E-state index in [0.29, 0.717) is 11.3 Å². The van der Waals surface area contributed by atoms with Gasteiger partial charge < -0.3 is 9.73 Å². The van der Waals surface area contributed by atoms with Crippen LogP contribution in [0, 0.1) is 23.7 Å². The second-order valence-electron chi connectivity index (χ2n) is 8.12. The Bertz CT molecular complexity index is 1210. The van der Waals surface area contributed by atoms with Gasteiger partial charge in [0.25, 0.3) is 0 Å². The highest BCUT2D eigenvalue weighted by molar-refractivity contribution is 6.10. The number of imide groups is 1. The van der Waals surface area contributed by atoms with Gasteiger partial charge in [0.1, 0.15) is 17.7 Å². The van der Waals surface area contributed by atoms with Crippen molar-refractivity contribution in [2.45, 2.75) is 6.42 Å². The fraction of sp³-hybridized carbons (Fsp3) is 0.261. The molecule has 1 N–H and O–H groups in total. The van der Waals surface area contributed by atoms with Crippen LogP contribution >= 0.6 is 0 Å². The van der Waals surface area contributed by atoms with Crippen LogP contribution in [0.1, 0.15) is 6.42 Å². The quantitative estimate of drug-likeness (QED) is 0.553. The largest absolute Gasteiger partial charge is 0.456 e. The summed E-state index contributed by atoms with van der Waals surface area (Å²) < 4.78 is 5.85. The van der Waals surface area contributed by atoms with Crippen LogP contribution < -0.4 is 5.32 Å². The molecule has 6 heteroatoms. The lowest BCUT2D eigenvalue weighted by Crippen LogP contribution is -2.39. The van der Waals surface area contributed by atoms with Gasteiger partial charge in [-0.1, -0.05) is 30.4 Å². The van der Waals surface area contributed by atoms with Crippen molar-refractivity contribution in [3.8, 4) is 0 Å². The third kappa shape index (κ3) is 2.32. The summed E-state index contributed by atoms with van der Waals surface area (Å²) in [5.41, 5.74) is 2.03. The molecule has 0 spiro atoms. The molecule has 2 fully saturated rings. The first kappa shape index (κ1) is 16.5. The molecule has 1 aromatic heterocycles. The van der Waals surface area contributed by atoms with Gasteiger partial charge in [0.05, 0.1) is 11.8 Å². The highest BCUT2D eigenvalue weighted by Gasteiger charge is 2.59. The molecule has 3 aliphatic rings. The van der Waals surface area contributed by atoms with Crippen molar-refractivity contribution in [2.75, 3.05) is 11.9 Å². The standard InChI is InChI=1S/C23H18N2O4/c26-19(11-25-22(27)20-12-5-6-13(9-12)21(20)23(25)28)24-14-7-8-16-15-3-1-2-4-17(15)29-18(16)10-14/h1-8,10,12-13,20-21H,9,11H2,(H,24,26)/t12-,13+,20-,21-/m0/s1. The van der Waals surface area contributed by atoms with Crippen molar-refractivity contribution in [1.29, 1.82) is 0 Å². The van der Waals surface area contributed by atoms with Crippen LogP contribution in [0.3, 0.4) is 0 Å². The number of nitrogens with one attached hydrogen (secondary N) is 1. The van der Waals surface area contributed by atoms with Crippen molar-refractivity contribution in [3.05, 3.63) is 54.6 Å². The molecule has 29 heavy (non-hydrogen) atoms. The molecule has 6 rings (SSSR count). The zero-order valence-corrected chi connectivity index (χ0v) is 15.5. The van der Waals surface area contributed by atoms with Crippen LogP contribution in [0.4, 0.5) is 5.69 Å². The molecule has 3 amide bonds. The van der Waals surface area contributed by atoms with Gasteiger partial charge in [-0.05, 0) is 36.5 Å². The lowest BCUT2D eigenvalue weighted by molar-refractivity contribution is -0.143. The molecule has 4 atom stereocenters. The normalized spacial score (nSPS) is 27.4. The van der Waals surface area contributed by atoms with Gasteiger partial charge in [0, 0.05) is 22.5 Å². The number of carbonyl (C=O) groups is 3. The maximum absolute atomic E-state index is 12.7. The van der Waals surface area contributed by atoms with E-state index in [9.17, 15) is 14.4 Å². The zero-order valence-electron chi connectivity index (χ0n) is 15.5. The van der Waals surface area contributed by atoms with Gasteiger partial charge in [0.2, 0.25) is 17.7 Å². The average Bonchev–Trinajstić information content (AvgIpc) is 3.46. The van der Waals surface area contributed by atoms with Crippen molar-refractivity contribution < 1.29 is 18.8 Å². The highest BCUT2D eigenvalue weighted by Crippen LogP contribution is 2.52. The Balaban J connectivity index is 1.21. The predicted molar refractivity (Wildman–Crippen MR) is 107 cm³/mol. The smallest absolute Gasteiger partial charge is 0.244 e. The van der Waals surface area contributed by atoms with E-state index in [1.54, 1.807) is 12.1 Å². The molecule has 144 valence electrons. The molecule has 1 aliphatic heterocycles. The molecular weight excluding hydrogens is 368 g/mol. The van der Waals surface area contributed by atoms with Crippen LogP contribution in [0.5, 0.6) is 0 Å². The minimum atomic E-state index is -0.387. The number of hydrogen-bond acceptors (Lipinski definition) is 4. The summed E-state index contributed by atoms with van der Waals surface area (Å²) in [4.78, 5) is 39.1. The van der Waals surface area contributed by atoms with E-state index < -0.39 is 0 Å². The minimum Gasteiger partial charge on any atom is -0.456 e. The molecule has 3 aromatic rings. The van der Waals surface area contributed by atoms with Gasteiger partial charge in [-0.25, -0.2) is 0 Å². The summed E-state index contributed by atoms with van der Waals surface area (Å²) in [5, 5.41) is 4.78. The molecule has 0 radical (unpaired) electrons. The summed E-state index contributed by atoms with van der Waals surface area (Å²) in [6.07, 6.45) is 4.97. The Morgan fingerprint density at radius 3 is 2.41 bits per heavy atom. The lowest BCUT2D eigenvalue weighted by Gasteiger charge is -2.16. The molecule has 1 saturated heterocycles. The number of furan rings is 1. The third-order valence-electron chi connectivity index (χ3n) is 6.53. The number of rotatable bonds is 3. The zero-order chi connectivity index (χ0) is 19.7. The average molecular weight is 386 g/mol. The van der Waals surface area contributed by atoms with E-state index in [1.165, 1.54) is 0 Å². The highest BCUT2D eigenvalue weighted by atomic mass is 16.3. The SMILES string of the molecule is O=C(CN1C(=O)[C@@H]2[C@@H](C1=O)[C@H]1C=C[C@@H]2C1)Nc1ccc2c(c1)oc1ccccc12. The van der Waals surface area contributed by atoms with Crippen LogP contribution in [0.2, 0.25) is 0 Å². The van der Waals surface area contributed by atoms with E-state index in [2.05, 4.69) is 5.32 Å². The number of fused-ring (bicyclic) bond motifs is 8. The number of likely N-dealkylation sites (tertiary alicyclic amines) is 1. The molecule has 2 aromatic carbocycles. The second kappa shape index (κ2) is 5.80. The fourth-order valence-corrected chi connectivity index (χ4v) is 5.27. The topological polar surface area (TPSA) is 79.6 Å². The first-order valence-corrected chi connectivity index (χ1v) is 9.85. The van der Waals surface area contributed by atoms with E-state index in [4.69, 9.17) is 4.42 Å². The number of allylic oxidation sites excluding steroid dienone is 2. The van der Waals surface area contributed by atoms with Gasteiger partial charge in [0.15, 0.2) is 0 Å². The predicted octanol–water partition coefficient (Wildman–Crippen LogP) is 3.33. The Labute approximate surface area is 166 Å². The number of carbonyl (C=O) groups excluding carboxylic acids is 3. The molecule has 2 bridgehead atoms. The Morgan fingerprint density at radius 2 is 1.66 bits per heavy atom. The molecule has 2 aliphatic carbocycles. The van der Waals surface area contributed by atoms with E-state index in [-0.39, 0.29) is 47.9 Å². The summed E-state index contributed by atoms with van der Waals surface area (Å²) in [6, 6.07) is 13.2. The van der Waals surface area contributed by atoms with E-state index in [0.717, 1.165) is 27.7 Å². The van der Waals surface area contributed by atoms with Crippen LogP contribution in [0.25, 0.3) is 21.9 Å². The number of anilines is 1. The van der Waals surface area contributed by atoms with Gasteiger partial charge in [-0.15, -0.1) is 0 Å². The van der Waals surface area contributed by atoms with Crippen molar-refractivity contribution in [1.82, 2.24) is 4.90 Å². The molecule has 2 heterocycles. The fourth-order valence-electron chi connectivity index (χ4n) is 5.27. The maximum atomic E-state index is 12.7. The Morgan fingerprint density at radius 1 is 0.966 bits per heavy atom. The third-order valence-corrected chi connectivity index (χ3v) is 6.53. The van der Waals surface area contributed by atoms with Crippen molar-refractivity contribution in [2.24, 2.45) is 23.7 Å². The lowest BCUT2D eigenvalue weighted by atomic mass is 9.85. The monoisotopic (exact) mass is 386 g/mol. The van der Waals surface area contributed by atoms with Gasteiger partial charge in [-0.2, -0.15) is 0 Å².